The minimum Gasteiger partial charge on any atom is -0.341 e. The van der Waals surface area contributed by atoms with Crippen LogP contribution in [0, 0.1) is 12.8 Å². The third kappa shape index (κ3) is 4.73. The van der Waals surface area contributed by atoms with Gasteiger partial charge in [0, 0.05) is 43.7 Å². The molecule has 0 radical (unpaired) electrons. The lowest BCUT2D eigenvalue weighted by atomic mass is 10.1. The molecule has 2 N–H and O–H groups in total. The number of carbonyl (C=O) groups is 2. The maximum absolute atomic E-state index is 12.7. The Hall–Kier alpha value is -1.59. The number of carbonyl (C=O) groups excluding carboxylic acids is 2. The molecular formula is C19H28ClN3O2. The van der Waals surface area contributed by atoms with Gasteiger partial charge in [-0.15, -0.1) is 12.4 Å². The lowest BCUT2D eigenvalue weighted by Gasteiger charge is -2.24. The highest BCUT2D eigenvalue weighted by Crippen LogP contribution is 2.26. The van der Waals surface area contributed by atoms with E-state index >= 15 is 0 Å². The molecule has 1 saturated carbocycles. The van der Waals surface area contributed by atoms with E-state index in [0.717, 1.165) is 43.4 Å². The minimum absolute atomic E-state index is 0. The van der Waals surface area contributed by atoms with E-state index in [1.54, 1.807) is 0 Å². The predicted octanol–water partition coefficient (Wildman–Crippen LogP) is 2.22. The Morgan fingerprint density at radius 3 is 2.48 bits per heavy atom. The number of rotatable bonds is 2. The molecule has 2 atom stereocenters. The van der Waals surface area contributed by atoms with Crippen LogP contribution in [-0.2, 0) is 4.79 Å². The van der Waals surface area contributed by atoms with Gasteiger partial charge in [-0.05, 0) is 44.7 Å². The van der Waals surface area contributed by atoms with Crippen LogP contribution in [-0.4, -0.2) is 53.8 Å². The van der Waals surface area contributed by atoms with E-state index in [1.807, 2.05) is 41.0 Å². The molecule has 1 heterocycles. The molecule has 0 bridgehead atoms. The number of aryl methyl sites for hydroxylation is 1. The third-order valence-corrected chi connectivity index (χ3v) is 5.18. The summed E-state index contributed by atoms with van der Waals surface area (Å²) in [5, 5.41) is 0. The van der Waals surface area contributed by atoms with Crippen LogP contribution in [0.3, 0.4) is 0 Å². The van der Waals surface area contributed by atoms with Gasteiger partial charge in [0.05, 0.1) is 0 Å². The molecular weight excluding hydrogens is 338 g/mol. The van der Waals surface area contributed by atoms with Crippen molar-refractivity contribution in [2.24, 2.45) is 11.7 Å². The van der Waals surface area contributed by atoms with Gasteiger partial charge in [-0.2, -0.15) is 0 Å². The number of benzene rings is 1. The van der Waals surface area contributed by atoms with Gasteiger partial charge in [0.15, 0.2) is 0 Å². The molecule has 25 heavy (non-hydrogen) atoms. The molecule has 2 fully saturated rings. The molecule has 0 aromatic heterocycles. The van der Waals surface area contributed by atoms with Crippen molar-refractivity contribution in [3.8, 4) is 0 Å². The number of halogens is 1. The van der Waals surface area contributed by atoms with Crippen LogP contribution in [0.1, 0.15) is 41.6 Å². The topological polar surface area (TPSA) is 66.6 Å². The number of amides is 2. The van der Waals surface area contributed by atoms with E-state index in [-0.39, 0.29) is 36.2 Å². The molecule has 1 aliphatic carbocycles. The van der Waals surface area contributed by atoms with Crippen molar-refractivity contribution in [3.63, 3.8) is 0 Å². The van der Waals surface area contributed by atoms with Crippen molar-refractivity contribution in [1.82, 2.24) is 9.80 Å². The molecule has 6 heteroatoms. The van der Waals surface area contributed by atoms with E-state index in [2.05, 4.69) is 0 Å². The van der Waals surface area contributed by atoms with Crippen molar-refractivity contribution in [1.29, 1.82) is 0 Å². The maximum atomic E-state index is 12.7. The summed E-state index contributed by atoms with van der Waals surface area (Å²) in [5.74, 6) is 0.378. The monoisotopic (exact) mass is 365 g/mol. The van der Waals surface area contributed by atoms with Gasteiger partial charge < -0.3 is 15.5 Å². The van der Waals surface area contributed by atoms with Crippen molar-refractivity contribution in [2.45, 2.75) is 38.6 Å². The van der Waals surface area contributed by atoms with Gasteiger partial charge in [-0.25, -0.2) is 0 Å². The third-order valence-electron chi connectivity index (χ3n) is 5.18. The number of nitrogens with zero attached hydrogens (tertiary/aromatic N) is 2. The average Bonchev–Trinajstić information content (AvgIpc) is 2.86. The Balaban J connectivity index is 0.00000225. The van der Waals surface area contributed by atoms with Crippen molar-refractivity contribution >= 4 is 24.2 Å². The van der Waals surface area contributed by atoms with Crippen molar-refractivity contribution in [3.05, 3.63) is 35.4 Å². The lowest BCUT2D eigenvalue weighted by Crippen LogP contribution is -2.39. The largest absolute Gasteiger partial charge is 0.341 e. The highest BCUT2D eigenvalue weighted by atomic mass is 35.5. The van der Waals surface area contributed by atoms with Crippen molar-refractivity contribution < 1.29 is 9.59 Å². The van der Waals surface area contributed by atoms with Crippen LogP contribution >= 0.6 is 12.4 Å². The smallest absolute Gasteiger partial charge is 0.253 e. The van der Waals surface area contributed by atoms with Crippen LogP contribution in [0.15, 0.2) is 24.3 Å². The normalized spacial score (nSPS) is 23.8. The standard InChI is InChI=1S/C19H27N3O2.ClH/c1-14-4-2-5-15(12-14)18(23)21-8-3-9-22(11-10-21)19(24)16-6-7-17(20)13-16;/h2,4-5,12,16-17H,3,6-11,13,20H2,1H3;1H. The van der Waals surface area contributed by atoms with E-state index in [4.69, 9.17) is 5.73 Å². The Bertz CT molecular complexity index is 622. The second-order valence-electron chi connectivity index (χ2n) is 7.11. The zero-order valence-corrected chi connectivity index (χ0v) is 15.6. The summed E-state index contributed by atoms with van der Waals surface area (Å²) < 4.78 is 0. The van der Waals surface area contributed by atoms with Crippen LogP contribution in [0.4, 0.5) is 0 Å². The lowest BCUT2D eigenvalue weighted by molar-refractivity contribution is -0.135. The summed E-state index contributed by atoms with van der Waals surface area (Å²) in [5.41, 5.74) is 7.76. The highest BCUT2D eigenvalue weighted by molar-refractivity contribution is 5.94. The Labute approximate surface area is 155 Å². The fourth-order valence-corrected chi connectivity index (χ4v) is 3.80. The van der Waals surface area contributed by atoms with Crippen LogP contribution in [0.2, 0.25) is 0 Å². The van der Waals surface area contributed by atoms with Crippen LogP contribution in [0.5, 0.6) is 0 Å². The van der Waals surface area contributed by atoms with Gasteiger partial charge in [-0.3, -0.25) is 9.59 Å². The first-order chi connectivity index (χ1) is 11.5. The van der Waals surface area contributed by atoms with Gasteiger partial charge in [0.2, 0.25) is 5.91 Å². The van der Waals surface area contributed by atoms with Gasteiger partial charge >= 0.3 is 0 Å². The molecule has 2 aliphatic rings. The molecule has 2 amide bonds. The quantitative estimate of drug-likeness (QED) is 0.873. The van der Waals surface area contributed by atoms with E-state index in [9.17, 15) is 9.59 Å². The van der Waals surface area contributed by atoms with Crippen molar-refractivity contribution in [2.75, 3.05) is 26.2 Å². The van der Waals surface area contributed by atoms with E-state index in [1.165, 1.54) is 0 Å². The number of hydrogen-bond acceptors (Lipinski definition) is 3. The molecule has 5 nitrogen and oxygen atoms in total. The second kappa shape index (κ2) is 8.68. The van der Waals surface area contributed by atoms with Gasteiger partial charge in [0.1, 0.15) is 0 Å². The summed E-state index contributed by atoms with van der Waals surface area (Å²) in [4.78, 5) is 29.2. The molecule has 0 spiro atoms. The summed E-state index contributed by atoms with van der Waals surface area (Å²) in [6.07, 6.45) is 3.49. The molecule has 1 aromatic rings. The summed E-state index contributed by atoms with van der Waals surface area (Å²) in [7, 11) is 0. The fourth-order valence-electron chi connectivity index (χ4n) is 3.80. The first-order valence-electron chi connectivity index (χ1n) is 8.95. The zero-order chi connectivity index (χ0) is 17.1. The number of hydrogen-bond donors (Lipinski definition) is 1. The summed E-state index contributed by atoms with van der Waals surface area (Å²) >= 11 is 0. The Morgan fingerprint density at radius 1 is 1.08 bits per heavy atom. The minimum atomic E-state index is 0. The molecule has 2 unspecified atom stereocenters. The van der Waals surface area contributed by atoms with Crippen LogP contribution < -0.4 is 5.73 Å². The first kappa shape index (κ1) is 19.7. The molecule has 3 rings (SSSR count). The van der Waals surface area contributed by atoms with Crippen LogP contribution in [0.25, 0.3) is 0 Å². The molecule has 138 valence electrons. The Kier molecular flexibility index (Phi) is 6.85. The molecule has 1 saturated heterocycles. The molecule has 1 aliphatic heterocycles. The fraction of sp³-hybridized carbons (Fsp3) is 0.579. The van der Waals surface area contributed by atoms with E-state index in [0.29, 0.717) is 19.6 Å². The maximum Gasteiger partial charge on any atom is 0.253 e. The zero-order valence-electron chi connectivity index (χ0n) is 14.8. The average molecular weight is 366 g/mol. The summed E-state index contributed by atoms with van der Waals surface area (Å²) in [6, 6.07) is 7.87. The van der Waals surface area contributed by atoms with Gasteiger partial charge in [-0.1, -0.05) is 17.7 Å². The Morgan fingerprint density at radius 2 is 1.80 bits per heavy atom. The van der Waals surface area contributed by atoms with E-state index < -0.39 is 0 Å². The highest BCUT2D eigenvalue weighted by Gasteiger charge is 2.32. The first-order valence-corrected chi connectivity index (χ1v) is 8.95. The summed E-state index contributed by atoms with van der Waals surface area (Å²) in [6.45, 7) is 4.67. The number of nitrogens with two attached hydrogens (primary N) is 1. The molecule has 1 aromatic carbocycles. The SMILES string of the molecule is Cc1cccc(C(=O)N2CCCN(C(=O)C3CCC(N)C3)CC2)c1.Cl. The predicted molar refractivity (Wildman–Crippen MR) is 101 cm³/mol. The second-order valence-corrected chi connectivity index (χ2v) is 7.11. The van der Waals surface area contributed by atoms with Gasteiger partial charge in [0.25, 0.3) is 5.91 Å².